The molecule has 0 aliphatic heterocycles. The van der Waals surface area contributed by atoms with E-state index in [4.69, 9.17) is 0 Å². The summed E-state index contributed by atoms with van der Waals surface area (Å²) >= 11 is 0. The van der Waals surface area contributed by atoms with Crippen LogP contribution < -0.4 is 5.56 Å². The number of aryl methyl sites for hydroxylation is 2. The predicted molar refractivity (Wildman–Crippen MR) is 120 cm³/mol. The smallest absolute Gasteiger partial charge is 0.334 e. The molecule has 3 aromatic carbocycles. The lowest BCUT2D eigenvalue weighted by molar-refractivity contribution is -0.144. The molecule has 1 unspecified atom stereocenters. The minimum atomic E-state index is -1.58. The first-order chi connectivity index (χ1) is 14.3. The Labute approximate surface area is 175 Å². The molecule has 0 bridgehead atoms. The van der Waals surface area contributed by atoms with Crippen LogP contribution in [0.2, 0.25) is 0 Å². The van der Waals surface area contributed by atoms with Crippen molar-refractivity contribution in [2.24, 2.45) is 0 Å². The molecule has 4 aromatic rings. The van der Waals surface area contributed by atoms with E-state index in [1.807, 2.05) is 68.4 Å². The van der Waals surface area contributed by atoms with E-state index >= 15 is 0 Å². The van der Waals surface area contributed by atoms with Gasteiger partial charge in [-0.3, -0.25) is 9.36 Å². The molecule has 30 heavy (non-hydrogen) atoms. The van der Waals surface area contributed by atoms with E-state index < -0.39 is 11.5 Å². The quantitative estimate of drug-likeness (QED) is 0.519. The van der Waals surface area contributed by atoms with Crippen molar-refractivity contribution in [1.29, 1.82) is 0 Å². The SMILES string of the molecule is Cc1ccc(C(C)(C(=O)O)n2c(-c3cccc(C)c3)cc3ccccc3c2=O)cc1. The van der Waals surface area contributed by atoms with E-state index in [0.29, 0.717) is 16.6 Å². The van der Waals surface area contributed by atoms with Gasteiger partial charge < -0.3 is 5.11 Å². The van der Waals surface area contributed by atoms with Gasteiger partial charge in [0.15, 0.2) is 5.54 Å². The summed E-state index contributed by atoms with van der Waals surface area (Å²) < 4.78 is 1.43. The normalized spacial score (nSPS) is 13.2. The van der Waals surface area contributed by atoms with Crippen LogP contribution in [0.15, 0.2) is 83.7 Å². The van der Waals surface area contributed by atoms with Crippen LogP contribution in [0.5, 0.6) is 0 Å². The lowest BCUT2D eigenvalue weighted by Crippen LogP contribution is -2.46. The number of aliphatic carboxylic acids is 1. The Bertz CT molecular complexity index is 1320. The second-order valence-electron chi connectivity index (χ2n) is 7.87. The molecule has 1 heterocycles. The largest absolute Gasteiger partial charge is 0.479 e. The van der Waals surface area contributed by atoms with Gasteiger partial charge in [0.25, 0.3) is 5.56 Å². The molecule has 0 saturated heterocycles. The first kappa shape index (κ1) is 19.6. The number of fused-ring (bicyclic) bond motifs is 1. The summed E-state index contributed by atoms with van der Waals surface area (Å²) in [5.74, 6) is -1.09. The van der Waals surface area contributed by atoms with Crippen LogP contribution in [-0.2, 0) is 10.3 Å². The molecule has 0 aliphatic carbocycles. The fraction of sp³-hybridized carbons (Fsp3) is 0.154. The molecule has 4 heteroatoms. The fourth-order valence-electron chi connectivity index (χ4n) is 3.95. The van der Waals surface area contributed by atoms with E-state index in [2.05, 4.69) is 0 Å². The number of carbonyl (C=O) groups is 1. The highest BCUT2D eigenvalue weighted by molar-refractivity contribution is 5.88. The maximum absolute atomic E-state index is 13.7. The summed E-state index contributed by atoms with van der Waals surface area (Å²) in [6, 6.07) is 24.3. The lowest BCUT2D eigenvalue weighted by Gasteiger charge is -2.31. The summed E-state index contributed by atoms with van der Waals surface area (Å²) in [4.78, 5) is 26.4. The molecule has 0 saturated carbocycles. The number of carboxylic acid groups (broad SMARTS) is 1. The van der Waals surface area contributed by atoms with Crippen molar-refractivity contribution in [3.63, 3.8) is 0 Å². The van der Waals surface area contributed by atoms with Gasteiger partial charge in [-0.25, -0.2) is 4.79 Å². The third-order valence-electron chi connectivity index (χ3n) is 5.72. The topological polar surface area (TPSA) is 59.3 Å². The van der Waals surface area contributed by atoms with Gasteiger partial charge in [-0.2, -0.15) is 0 Å². The lowest BCUT2D eigenvalue weighted by atomic mass is 9.89. The van der Waals surface area contributed by atoms with E-state index in [1.54, 1.807) is 31.2 Å². The van der Waals surface area contributed by atoms with Crippen molar-refractivity contribution in [1.82, 2.24) is 4.57 Å². The minimum Gasteiger partial charge on any atom is -0.479 e. The molecule has 4 nitrogen and oxygen atoms in total. The Morgan fingerprint density at radius 2 is 1.57 bits per heavy atom. The highest BCUT2D eigenvalue weighted by Crippen LogP contribution is 2.33. The zero-order valence-electron chi connectivity index (χ0n) is 17.2. The molecular formula is C26H23NO3. The third kappa shape index (κ3) is 3.11. The zero-order chi connectivity index (χ0) is 21.5. The van der Waals surface area contributed by atoms with Gasteiger partial charge in [0.05, 0.1) is 5.69 Å². The molecule has 1 N–H and O–H groups in total. The monoisotopic (exact) mass is 397 g/mol. The Morgan fingerprint density at radius 1 is 0.867 bits per heavy atom. The van der Waals surface area contributed by atoms with Crippen LogP contribution in [0.4, 0.5) is 0 Å². The van der Waals surface area contributed by atoms with Crippen LogP contribution >= 0.6 is 0 Å². The summed E-state index contributed by atoms with van der Waals surface area (Å²) in [5, 5.41) is 11.6. The van der Waals surface area contributed by atoms with Crippen molar-refractivity contribution in [3.8, 4) is 11.3 Å². The summed E-state index contributed by atoms with van der Waals surface area (Å²) in [6.07, 6.45) is 0. The zero-order valence-corrected chi connectivity index (χ0v) is 17.2. The van der Waals surface area contributed by atoms with E-state index in [9.17, 15) is 14.7 Å². The van der Waals surface area contributed by atoms with Crippen LogP contribution in [-0.4, -0.2) is 15.6 Å². The number of nitrogens with zero attached hydrogens (tertiary/aromatic N) is 1. The number of carboxylic acids is 1. The van der Waals surface area contributed by atoms with Crippen LogP contribution in [0.3, 0.4) is 0 Å². The molecular weight excluding hydrogens is 374 g/mol. The van der Waals surface area contributed by atoms with Crippen molar-refractivity contribution >= 4 is 16.7 Å². The van der Waals surface area contributed by atoms with Gasteiger partial charge in [0.2, 0.25) is 0 Å². The van der Waals surface area contributed by atoms with Crippen LogP contribution in [0, 0.1) is 13.8 Å². The summed E-state index contributed by atoms with van der Waals surface area (Å²) in [5.41, 5.74) is 2.09. The van der Waals surface area contributed by atoms with Gasteiger partial charge in [0.1, 0.15) is 0 Å². The molecule has 1 atom stereocenters. The number of hydrogen-bond acceptors (Lipinski definition) is 2. The van der Waals surface area contributed by atoms with Crippen molar-refractivity contribution in [2.45, 2.75) is 26.3 Å². The first-order valence-corrected chi connectivity index (χ1v) is 9.85. The second kappa shape index (κ2) is 7.30. The molecule has 0 aliphatic rings. The minimum absolute atomic E-state index is 0.324. The molecule has 0 amide bonds. The molecule has 1 aromatic heterocycles. The Balaban J connectivity index is 2.16. The molecule has 4 rings (SSSR count). The average Bonchev–Trinajstić information content (AvgIpc) is 2.73. The van der Waals surface area contributed by atoms with Crippen LogP contribution in [0.25, 0.3) is 22.0 Å². The molecule has 0 radical (unpaired) electrons. The standard InChI is InChI=1S/C26H23NO3/c1-17-11-13-21(14-12-17)26(3,25(29)30)27-23(20-9-6-7-18(2)15-20)16-19-8-4-5-10-22(19)24(27)28/h4-16H,1-3H3,(H,29,30). The highest BCUT2D eigenvalue weighted by atomic mass is 16.4. The number of aromatic nitrogens is 1. The maximum Gasteiger partial charge on any atom is 0.334 e. The number of rotatable bonds is 4. The average molecular weight is 397 g/mol. The third-order valence-corrected chi connectivity index (χ3v) is 5.72. The Morgan fingerprint density at radius 3 is 2.23 bits per heavy atom. The maximum atomic E-state index is 13.7. The van der Waals surface area contributed by atoms with Crippen molar-refractivity contribution < 1.29 is 9.90 Å². The number of pyridine rings is 1. The van der Waals surface area contributed by atoms with Gasteiger partial charge in [-0.15, -0.1) is 0 Å². The fourth-order valence-corrected chi connectivity index (χ4v) is 3.95. The number of benzene rings is 3. The Kier molecular flexibility index (Phi) is 4.78. The van der Waals surface area contributed by atoms with E-state index in [1.165, 1.54) is 4.57 Å². The Hall–Kier alpha value is -3.66. The van der Waals surface area contributed by atoms with Gasteiger partial charge in [-0.05, 0) is 55.5 Å². The summed E-state index contributed by atoms with van der Waals surface area (Å²) in [7, 11) is 0. The number of hydrogen-bond donors (Lipinski definition) is 1. The molecule has 0 spiro atoms. The van der Waals surface area contributed by atoms with Gasteiger partial charge in [0, 0.05) is 5.39 Å². The highest BCUT2D eigenvalue weighted by Gasteiger charge is 2.40. The first-order valence-electron chi connectivity index (χ1n) is 9.85. The molecule has 0 fully saturated rings. The van der Waals surface area contributed by atoms with Gasteiger partial charge in [-0.1, -0.05) is 71.8 Å². The molecule has 150 valence electrons. The van der Waals surface area contributed by atoms with Gasteiger partial charge >= 0.3 is 5.97 Å². The van der Waals surface area contributed by atoms with E-state index in [0.717, 1.165) is 22.1 Å². The summed E-state index contributed by atoms with van der Waals surface area (Å²) in [6.45, 7) is 5.51. The predicted octanol–water partition coefficient (Wildman–Crippen LogP) is 5.13. The van der Waals surface area contributed by atoms with E-state index in [-0.39, 0.29) is 5.56 Å². The second-order valence-corrected chi connectivity index (χ2v) is 7.87. The van der Waals surface area contributed by atoms with Crippen LogP contribution in [0.1, 0.15) is 23.6 Å². The van der Waals surface area contributed by atoms with Crippen molar-refractivity contribution in [2.75, 3.05) is 0 Å². The van der Waals surface area contributed by atoms with Crippen molar-refractivity contribution in [3.05, 3.63) is 106 Å².